The Kier molecular flexibility index (Phi) is 5.51. The molecule has 1 aliphatic carbocycles. The molecule has 2 aliphatic rings. The maximum atomic E-state index is 12.5. The van der Waals surface area contributed by atoms with Crippen LogP contribution in [0.25, 0.3) is 0 Å². The van der Waals surface area contributed by atoms with E-state index in [1.54, 1.807) is 37.3 Å². The van der Waals surface area contributed by atoms with Gasteiger partial charge >= 0.3 is 0 Å². The molecule has 0 spiro atoms. The van der Waals surface area contributed by atoms with Crippen molar-refractivity contribution in [2.45, 2.75) is 42.8 Å². The van der Waals surface area contributed by atoms with Crippen LogP contribution in [0, 0.1) is 0 Å². The number of fused-ring (bicyclic) bond motifs is 3. The molecule has 0 saturated carbocycles. The molecule has 2 unspecified atom stereocenters. The van der Waals surface area contributed by atoms with Crippen LogP contribution in [0.2, 0.25) is 5.02 Å². The quantitative estimate of drug-likeness (QED) is 0.518. The number of hydrogen-bond acceptors (Lipinski definition) is 5. The molecule has 1 amide bonds. The second-order valence-electron chi connectivity index (χ2n) is 8.40. The average molecular weight is 483 g/mol. The summed E-state index contributed by atoms with van der Waals surface area (Å²) in [6.07, 6.45) is 1.68. The Labute approximate surface area is 197 Å². The Hall–Kier alpha value is -2.74. The molecular formula is C25H23ClN2O4S. The number of amides is 1. The second kappa shape index (κ2) is 8.24. The molecule has 2 heterocycles. The number of carbonyl (C=O) groups excluding carboxylic acids is 1. The third-order valence-corrected chi connectivity index (χ3v) is 8.35. The van der Waals surface area contributed by atoms with Crippen LogP contribution in [-0.4, -0.2) is 25.1 Å². The molecular weight excluding hydrogens is 460 g/mol. The van der Waals surface area contributed by atoms with Crippen molar-refractivity contribution < 1.29 is 17.9 Å². The predicted molar refractivity (Wildman–Crippen MR) is 126 cm³/mol. The van der Waals surface area contributed by atoms with Gasteiger partial charge in [-0.05, 0) is 54.3 Å². The minimum absolute atomic E-state index is 0.0300. The van der Waals surface area contributed by atoms with Gasteiger partial charge < -0.3 is 10.1 Å². The van der Waals surface area contributed by atoms with Gasteiger partial charge in [0.2, 0.25) is 5.91 Å². The van der Waals surface area contributed by atoms with Crippen molar-refractivity contribution >= 4 is 33.2 Å². The standard InChI is InChI=1S/C25H23ClN2O4S/c1-2-33(30,31)19-9-3-16(4-10-19)15-23(29)28-22-12-11-20-21(27-22)13-14-25(24(20)32-25)17-5-7-18(26)8-6-17/h3-12,24H,2,13-15H2,1H3,(H,27,28,29). The molecule has 3 aromatic rings. The SMILES string of the molecule is CCS(=O)(=O)c1ccc(CC(=O)Nc2ccc3c(n2)CCC2(c4ccc(Cl)cc4)OC32)cc1. The zero-order valence-corrected chi connectivity index (χ0v) is 19.6. The number of anilines is 1. The Balaban J connectivity index is 1.25. The summed E-state index contributed by atoms with van der Waals surface area (Å²) < 4.78 is 30.0. The van der Waals surface area contributed by atoms with Crippen LogP contribution in [0.4, 0.5) is 5.82 Å². The monoisotopic (exact) mass is 482 g/mol. The number of carbonyl (C=O) groups is 1. The summed E-state index contributed by atoms with van der Waals surface area (Å²) in [5, 5.41) is 3.55. The third-order valence-electron chi connectivity index (χ3n) is 6.35. The fraction of sp³-hybridized carbons (Fsp3) is 0.280. The number of epoxide rings is 1. The van der Waals surface area contributed by atoms with Gasteiger partial charge in [0.05, 0.1) is 17.1 Å². The van der Waals surface area contributed by atoms with Crippen molar-refractivity contribution in [3.8, 4) is 0 Å². The van der Waals surface area contributed by atoms with Gasteiger partial charge in [-0.3, -0.25) is 4.79 Å². The summed E-state index contributed by atoms with van der Waals surface area (Å²) in [5.74, 6) is 0.343. The van der Waals surface area contributed by atoms with Gasteiger partial charge in [-0.2, -0.15) is 0 Å². The Morgan fingerprint density at radius 3 is 2.55 bits per heavy atom. The van der Waals surface area contributed by atoms with Gasteiger partial charge in [-0.1, -0.05) is 48.9 Å². The van der Waals surface area contributed by atoms with Crippen LogP contribution in [0.15, 0.2) is 65.6 Å². The smallest absolute Gasteiger partial charge is 0.229 e. The molecule has 8 heteroatoms. The van der Waals surface area contributed by atoms with E-state index < -0.39 is 9.84 Å². The van der Waals surface area contributed by atoms with Crippen LogP contribution in [0.1, 0.15) is 41.8 Å². The number of rotatable bonds is 6. The number of halogens is 1. The second-order valence-corrected chi connectivity index (χ2v) is 11.1. The molecule has 1 saturated heterocycles. The zero-order valence-electron chi connectivity index (χ0n) is 18.0. The molecule has 33 heavy (non-hydrogen) atoms. The number of nitrogens with zero attached hydrogens (tertiary/aromatic N) is 1. The number of pyridine rings is 1. The number of benzene rings is 2. The van der Waals surface area contributed by atoms with Gasteiger partial charge in [0.25, 0.3) is 0 Å². The van der Waals surface area contributed by atoms with Crippen LogP contribution < -0.4 is 5.32 Å². The first-order chi connectivity index (χ1) is 15.8. The van der Waals surface area contributed by atoms with E-state index in [4.69, 9.17) is 16.3 Å². The zero-order chi connectivity index (χ0) is 23.2. The summed E-state index contributed by atoms with van der Waals surface area (Å²) >= 11 is 6.02. The summed E-state index contributed by atoms with van der Waals surface area (Å²) in [7, 11) is -3.25. The molecule has 6 nitrogen and oxygen atoms in total. The molecule has 0 radical (unpaired) electrons. The molecule has 1 fully saturated rings. The molecule has 2 atom stereocenters. The summed E-state index contributed by atoms with van der Waals surface area (Å²) in [6, 6.07) is 18.0. The van der Waals surface area contributed by atoms with E-state index in [0.717, 1.165) is 35.2 Å². The fourth-order valence-electron chi connectivity index (χ4n) is 4.46. The van der Waals surface area contributed by atoms with Gasteiger partial charge in [0.15, 0.2) is 9.84 Å². The fourth-order valence-corrected chi connectivity index (χ4v) is 5.47. The summed E-state index contributed by atoms with van der Waals surface area (Å²) in [4.78, 5) is 17.4. The number of sulfone groups is 1. The highest BCUT2D eigenvalue weighted by molar-refractivity contribution is 7.91. The van der Waals surface area contributed by atoms with Crippen LogP contribution >= 0.6 is 11.6 Å². The molecule has 1 aliphatic heterocycles. The van der Waals surface area contributed by atoms with E-state index in [-0.39, 0.29) is 34.7 Å². The highest BCUT2D eigenvalue weighted by Gasteiger charge is 2.60. The molecule has 2 aromatic carbocycles. The van der Waals surface area contributed by atoms with E-state index in [2.05, 4.69) is 10.3 Å². The largest absolute Gasteiger partial charge is 0.356 e. The van der Waals surface area contributed by atoms with E-state index in [9.17, 15) is 13.2 Å². The van der Waals surface area contributed by atoms with Crippen molar-refractivity contribution in [2.24, 2.45) is 0 Å². The first-order valence-electron chi connectivity index (χ1n) is 10.9. The van der Waals surface area contributed by atoms with Crippen molar-refractivity contribution in [2.75, 3.05) is 11.1 Å². The molecule has 1 aromatic heterocycles. The minimum Gasteiger partial charge on any atom is -0.356 e. The minimum atomic E-state index is -3.25. The molecule has 0 bridgehead atoms. The van der Waals surface area contributed by atoms with Crippen LogP contribution in [0.3, 0.4) is 0 Å². The summed E-state index contributed by atoms with van der Waals surface area (Å²) in [5.41, 5.74) is 3.55. The maximum Gasteiger partial charge on any atom is 0.229 e. The van der Waals surface area contributed by atoms with E-state index in [1.807, 2.05) is 30.3 Å². The van der Waals surface area contributed by atoms with Crippen LogP contribution in [0.5, 0.6) is 0 Å². The lowest BCUT2D eigenvalue weighted by Crippen LogP contribution is -2.20. The number of aromatic nitrogens is 1. The number of aryl methyl sites for hydroxylation is 1. The first kappa shape index (κ1) is 22.1. The predicted octanol–water partition coefficient (Wildman–Crippen LogP) is 4.62. The lowest BCUT2D eigenvalue weighted by atomic mass is 9.82. The van der Waals surface area contributed by atoms with Crippen LogP contribution in [-0.2, 0) is 37.8 Å². The van der Waals surface area contributed by atoms with Gasteiger partial charge in [0.1, 0.15) is 17.5 Å². The lowest BCUT2D eigenvalue weighted by molar-refractivity contribution is -0.115. The molecule has 170 valence electrons. The average Bonchev–Trinajstić information content (AvgIpc) is 3.56. The normalized spacial score (nSPS) is 21.1. The highest BCUT2D eigenvalue weighted by Crippen LogP contribution is 2.62. The van der Waals surface area contributed by atoms with E-state index in [0.29, 0.717) is 10.8 Å². The Bertz CT molecular complexity index is 1320. The summed E-state index contributed by atoms with van der Waals surface area (Å²) in [6.45, 7) is 1.61. The number of hydrogen-bond donors (Lipinski definition) is 1. The van der Waals surface area contributed by atoms with E-state index in [1.165, 1.54) is 0 Å². The molecule has 5 rings (SSSR count). The van der Waals surface area contributed by atoms with Crippen molar-refractivity contribution in [3.05, 3.63) is 88.1 Å². The number of nitrogens with one attached hydrogen (secondary N) is 1. The van der Waals surface area contributed by atoms with Crippen molar-refractivity contribution in [1.29, 1.82) is 0 Å². The van der Waals surface area contributed by atoms with Gasteiger partial charge in [0, 0.05) is 16.3 Å². The highest BCUT2D eigenvalue weighted by atomic mass is 35.5. The topological polar surface area (TPSA) is 88.7 Å². The first-order valence-corrected chi connectivity index (χ1v) is 12.9. The third kappa shape index (κ3) is 4.16. The molecule has 1 N–H and O–H groups in total. The van der Waals surface area contributed by atoms with E-state index >= 15 is 0 Å². The van der Waals surface area contributed by atoms with Gasteiger partial charge in [-0.15, -0.1) is 0 Å². The van der Waals surface area contributed by atoms with Crippen molar-refractivity contribution in [1.82, 2.24) is 4.98 Å². The Morgan fingerprint density at radius 2 is 1.85 bits per heavy atom. The maximum absolute atomic E-state index is 12.5. The van der Waals surface area contributed by atoms with Gasteiger partial charge in [-0.25, -0.2) is 13.4 Å². The Morgan fingerprint density at radius 1 is 1.12 bits per heavy atom. The lowest BCUT2D eigenvalue weighted by Gasteiger charge is -2.20. The van der Waals surface area contributed by atoms with Crippen molar-refractivity contribution in [3.63, 3.8) is 0 Å². The number of ether oxygens (including phenoxy) is 1.